The fourth-order valence-electron chi connectivity index (χ4n) is 1.58. The molecule has 0 bridgehead atoms. The Kier molecular flexibility index (Phi) is 4.16. The quantitative estimate of drug-likeness (QED) is 0.843. The highest BCUT2D eigenvalue weighted by molar-refractivity contribution is 6.00. The summed E-state index contributed by atoms with van der Waals surface area (Å²) in [5, 5.41) is 0. The molecule has 0 amide bonds. The second kappa shape index (κ2) is 5.10. The number of hydrogen-bond donors (Lipinski definition) is 1. The third-order valence-corrected chi connectivity index (χ3v) is 3.23. The summed E-state index contributed by atoms with van der Waals surface area (Å²) in [6, 6.07) is 4.46. The molecule has 1 aromatic rings. The lowest BCUT2D eigenvalue weighted by molar-refractivity contribution is -0.137. The van der Waals surface area contributed by atoms with Crippen LogP contribution < -0.4 is 5.73 Å². The molecule has 0 aliphatic heterocycles. The summed E-state index contributed by atoms with van der Waals surface area (Å²) in [6.07, 6.45) is -3.96. The van der Waals surface area contributed by atoms with Gasteiger partial charge in [-0.15, -0.1) is 0 Å². The molecule has 0 saturated heterocycles. The van der Waals surface area contributed by atoms with E-state index in [1.54, 1.807) is 13.8 Å². The second-order valence-electron chi connectivity index (χ2n) is 4.53. The van der Waals surface area contributed by atoms with Crippen LogP contribution in [0.15, 0.2) is 24.3 Å². The van der Waals surface area contributed by atoms with Gasteiger partial charge in [0.05, 0.1) is 5.56 Å². The van der Waals surface area contributed by atoms with Crippen molar-refractivity contribution in [3.8, 4) is 0 Å². The van der Waals surface area contributed by atoms with Crippen LogP contribution in [0.5, 0.6) is 0 Å². The average Bonchev–Trinajstić information content (AvgIpc) is 2.36. The molecule has 0 heterocycles. The topological polar surface area (TPSA) is 43.1 Å². The van der Waals surface area contributed by atoms with Crippen LogP contribution in [0.25, 0.3) is 0 Å². The van der Waals surface area contributed by atoms with Gasteiger partial charge in [0, 0.05) is 17.5 Å². The Labute approximate surface area is 104 Å². The van der Waals surface area contributed by atoms with Crippen LogP contribution in [0, 0.1) is 5.41 Å². The standard InChI is InChI=1S/C13H16F3NO/c1-3-12(2,8-17)11(18)9-5-4-6-10(7-9)13(14,15)16/h4-7H,3,8,17H2,1-2H3. The molecule has 0 fully saturated rings. The summed E-state index contributed by atoms with van der Waals surface area (Å²) < 4.78 is 37.7. The molecule has 0 spiro atoms. The first kappa shape index (κ1) is 14.7. The molecule has 1 aromatic carbocycles. The Bertz CT molecular complexity index is 436. The van der Waals surface area contributed by atoms with Crippen LogP contribution in [0.4, 0.5) is 13.2 Å². The number of halogens is 3. The van der Waals surface area contributed by atoms with E-state index < -0.39 is 17.2 Å². The van der Waals surface area contributed by atoms with Crippen molar-refractivity contribution in [1.82, 2.24) is 0 Å². The zero-order chi connectivity index (χ0) is 14.0. The number of carbonyl (C=O) groups excluding carboxylic acids is 1. The van der Waals surface area contributed by atoms with E-state index in [4.69, 9.17) is 5.73 Å². The highest BCUT2D eigenvalue weighted by Gasteiger charge is 2.34. The predicted octanol–water partition coefficient (Wildman–Crippen LogP) is 3.26. The molecule has 0 aliphatic rings. The fourth-order valence-corrected chi connectivity index (χ4v) is 1.58. The van der Waals surface area contributed by atoms with Gasteiger partial charge in [0.1, 0.15) is 0 Å². The molecule has 100 valence electrons. The Morgan fingerprint density at radius 2 is 1.94 bits per heavy atom. The van der Waals surface area contributed by atoms with E-state index in [-0.39, 0.29) is 17.9 Å². The Balaban J connectivity index is 3.15. The lowest BCUT2D eigenvalue weighted by Gasteiger charge is -2.24. The zero-order valence-electron chi connectivity index (χ0n) is 10.3. The Morgan fingerprint density at radius 3 is 2.39 bits per heavy atom. The molecule has 0 aromatic heterocycles. The van der Waals surface area contributed by atoms with Gasteiger partial charge in [0.15, 0.2) is 5.78 Å². The van der Waals surface area contributed by atoms with Crippen LogP contribution in [0.1, 0.15) is 36.2 Å². The van der Waals surface area contributed by atoms with Gasteiger partial charge in [0.25, 0.3) is 0 Å². The van der Waals surface area contributed by atoms with Crippen molar-refractivity contribution in [1.29, 1.82) is 0 Å². The molecule has 1 rings (SSSR count). The summed E-state index contributed by atoms with van der Waals surface area (Å²) in [6.45, 7) is 3.56. The number of alkyl halides is 3. The minimum absolute atomic E-state index is 0.0552. The number of ketones is 1. The summed E-state index contributed by atoms with van der Waals surface area (Å²) in [5.74, 6) is -0.349. The maximum Gasteiger partial charge on any atom is 0.416 e. The first-order valence-electron chi connectivity index (χ1n) is 5.66. The number of rotatable bonds is 4. The van der Waals surface area contributed by atoms with Gasteiger partial charge in [-0.05, 0) is 18.6 Å². The molecular weight excluding hydrogens is 243 g/mol. The van der Waals surface area contributed by atoms with E-state index in [1.165, 1.54) is 12.1 Å². The number of carbonyl (C=O) groups is 1. The number of Topliss-reactive ketones (excluding diaryl/α,β-unsaturated/α-hetero) is 1. The molecule has 2 N–H and O–H groups in total. The summed E-state index contributed by atoms with van der Waals surface area (Å²) in [7, 11) is 0. The lowest BCUT2D eigenvalue weighted by atomic mass is 9.80. The van der Waals surface area contributed by atoms with Gasteiger partial charge < -0.3 is 5.73 Å². The van der Waals surface area contributed by atoms with Crippen LogP contribution in [0.3, 0.4) is 0 Å². The van der Waals surface area contributed by atoms with E-state index in [1.807, 2.05) is 0 Å². The third kappa shape index (κ3) is 2.90. The van der Waals surface area contributed by atoms with Crippen LogP contribution in [-0.2, 0) is 6.18 Å². The van der Waals surface area contributed by atoms with Crippen molar-refractivity contribution in [2.75, 3.05) is 6.54 Å². The van der Waals surface area contributed by atoms with Crippen LogP contribution >= 0.6 is 0 Å². The number of benzene rings is 1. The van der Waals surface area contributed by atoms with Gasteiger partial charge >= 0.3 is 6.18 Å². The Morgan fingerprint density at radius 1 is 1.33 bits per heavy atom. The van der Waals surface area contributed by atoms with Crippen LogP contribution in [-0.4, -0.2) is 12.3 Å². The van der Waals surface area contributed by atoms with Gasteiger partial charge in [-0.25, -0.2) is 0 Å². The zero-order valence-corrected chi connectivity index (χ0v) is 10.3. The summed E-state index contributed by atoms with van der Waals surface area (Å²) >= 11 is 0. The fraction of sp³-hybridized carbons (Fsp3) is 0.462. The SMILES string of the molecule is CCC(C)(CN)C(=O)c1cccc(C(F)(F)F)c1. The van der Waals surface area contributed by atoms with Crippen LogP contribution in [0.2, 0.25) is 0 Å². The molecule has 2 nitrogen and oxygen atoms in total. The largest absolute Gasteiger partial charge is 0.416 e. The molecule has 5 heteroatoms. The monoisotopic (exact) mass is 259 g/mol. The molecule has 1 atom stereocenters. The van der Waals surface area contributed by atoms with Gasteiger partial charge in [-0.3, -0.25) is 4.79 Å². The maximum absolute atomic E-state index is 12.6. The van der Waals surface area contributed by atoms with E-state index >= 15 is 0 Å². The van der Waals surface area contributed by atoms with Crippen molar-refractivity contribution in [3.05, 3.63) is 35.4 Å². The smallest absolute Gasteiger partial charge is 0.329 e. The predicted molar refractivity (Wildman–Crippen MR) is 63.2 cm³/mol. The molecule has 0 aliphatic carbocycles. The van der Waals surface area contributed by atoms with Crippen molar-refractivity contribution in [2.45, 2.75) is 26.4 Å². The lowest BCUT2D eigenvalue weighted by Crippen LogP contribution is -2.35. The first-order chi connectivity index (χ1) is 8.24. The van der Waals surface area contributed by atoms with Gasteiger partial charge in [-0.2, -0.15) is 13.2 Å². The normalized spacial score (nSPS) is 15.2. The van der Waals surface area contributed by atoms with Crippen molar-refractivity contribution >= 4 is 5.78 Å². The van der Waals surface area contributed by atoms with Crippen molar-refractivity contribution in [2.24, 2.45) is 11.1 Å². The molecular formula is C13H16F3NO. The highest BCUT2D eigenvalue weighted by atomic mass is 19.4. The molecule has 0 saturated carbocycles. The number of nitrogens with two attached hydrogens (primary N) is 1. The van der Waals surface area contributed by atoms with E-state index in [9.17, 15) is 18.0 Å². The third-order valence-electron chi connectivity index (χ3n) is 3.23. The summed E-state index contributed by atoms with van der Waals surface area (Å²) in [5.41, 5.74) is 3.96. The first-order valence-corrected chi connectivity index (χ1v) is 5.66. The van der Waals surface area contributed by atoms with Crippen molar-refractivity contribution in [3.63, 3.8) is 0 Å². The summed E-state index contributed by atoms with van der Waals surface area (Å²) in [4.78, 5) is 12.2. The molecule has 0 radical (unpaired) electrons. The number of hydrogen-bond acceptors (Lipinski definition) is 2. The second-order valence-corrected chi connectivity index (χ2v) is 4.53. The van der Waals surface area contributed by atoms with E-state index in [0.29, 0.717) is 6.42 Å². The Hall–Kier alpha value is -1.36. The maximum atomic E-state index is 12.6. The van der Waals surface area contributed by atoms with E-state index in [0.717, 1.165) is 12.1 Å². The minimum Gasteiger partial charge on any atom is -0.329 e. The average molecular weight is 259 g/mol. The highest BCUT2D eigenvalue weighted by Crippen LogP contribution is 2.31. The molecule has 18 heavy (non-hydrogen) atoms. The van der Waals surface area contributed by atoms with Gasteiger partial charge in [0.2, 0.25) is 0 Å². The van der Waals surface area contributed by atoms with E-state index in [2.05, 4.69) is 0 Å². The van der Waals surface area contributed by atoms with Gasteiger partial charge in [-0.1, -0.05) is 26.0 Å². The molecule has 1 unspecified atom stereocenters. The van der Waals surface area contributed by atoms with Crippen molar-refractivity contribution < 1.29 is 18.0 Å². The minimum atomic E-state index is -4.44.